The Hall–Kier alpha value is -1.34. The van der Waals surface area contributed by atoms with Gasteiger partial charge in [-0.25, -0.2) is 0 Å². The second-order valence-electron chi connectivity index (χ2n) is 3.14. The number of pyridine rings is 1. The maximum atomic E-state index is 6.15. The van der Waals surface area contributed by atoms with Gasteiger partial charge in [0.15, 0.2) is 0 Å². The molecule has 0 bridgehead atoms. The van der Waals surface area contributed by atoms with Crippen LogP contribution in [0.25, 0.3) is 12.2 Å². The van der Waals surface area contributed by atoms with Crippen LogP contribution >= 0.6 is 11.6 Å². The zero-order valence-electron chi connectivity index (χ0n) is 9.00. The third kappa shape index (κ3) is 3.07. The van der Waals surface area contributed by atoms with Gasteiger partial charge in [0, 0.05) is 10.9 Å². The molecule has 0 aliphatic carbocycles. The summed E-state index contributed by atoms with van der Waals surface area (Å²) in [6.07, 6.45) is 9.41. The van der Waals surface area contributed by atoms with Crippen LogP contribution in [0, 0.1) is 6.92 Å². The normalized spacial score (nSPS) is 13.8. The van der Waals surface area contributed by atoms with E-state index >= 15 is 0 Å². The van der Waals surface area contributed by atoms with E-state index in [9.17, 15) is 0 Å². The molecular weight excluding hydrogens is 206 g/mol. The second kappa shape index (κ2) is 5.52. The molecule has 1 aromatic rings. The highest BCUT2D eigenvalue weighted by molar-refractivity contribution is 6.30. The fraction of sp³-hybridized carbons (Fsp3) is 0.154. The van der Waals surface area contributed by atoms with Gasteiger partial charge < -0.3 is 0 Å². The average molecular weight is 220 g/mol. The first kappa shape index (κ1) is 11.7. The Morgan fingerprint density at radius 2 is 2.13 bits per heavy atom. The third-order valence-electron chi connectivity index (χ3n) is 1.90. The Bertz CT molecular complexity index is 498. The molecule has 2 heteroatoms. The van der Waals surface area contributed by atoms with Gasteiger partial charge in [0.1, 0.15) is 0 Å². The Morgan fingerprint density at radius 1 is 1.40 bits per heavy atom. The molecule has 0 saturated heterocycles. The number of aryl methyl sites for hydroxylation is 1. The molecule has 0 aromatic carbocycles. The molecule has 0 amide bonds. The van der Waals surface area contributed by atoms with Crippen molar-refractivity contribution in [2.45, 2.75) is 13.8 Å². The first-order chi connectivity index (χ1) is 7.19. The van der Waals surface area contributed by atoms with Crippen LogP contribution in [0.5, 0.6) is 0 Å². The summed E-state index contributed by atoms with van der Waals surface area (Å²) in [5.74, 6) is 0. The molecule has 15 heavy (non-hydrogen) atoms. The molecule has 0 fully saturated rings. The maximum Gasteiger partial charge on any atom is 0.0719 e. The molecule has 0 atom stereocenters. The molecule has 1 nitrogen and oxygen atoms in total. The van der Waals surface area contributed by atoms with Gasteiger partial charge in [-0.05, 0) is 26.0 Å². The van der Waals surface area contributed by atoms with Gasteiger partial charge >= 0.3 is 0 Å². The van der Waals surface area contributed by atoms with Crippen LogP contribution in [-0.4, -0.2) is 4.98 Å². The Kier molecular flexibility index (Phi) is 4.32. The Morgan fingerprint density at radius 3 is 2.73 bits per heavy atom. The average Bonchev–Trinajstić information content (AvgIpc) is 2.17. The number of aromatic nitrogens is 1. The van der Waals surface area contributed by atoms with Crippen LogP contribution in [0.4, 0.5) is 0 Å². The number of rotatable bonds is 2. The monoisotopic (exact) mass is 219 g/mol. The van der Waals surface area contributed by atoms with Crippen molar-refractivity contribution in [2.75, 3.05) is 0 Å². The third-order valence-corrected chi connectivity index (χ3v) is 2.21. The molecule has 0 radical (unpaired) electrons. The minimum absolute atomic E-state index is 0.716. The largest absolute Gasteiger partial charge is 0.253 e. The fourth-order valence-corrected chi connectivity index (χ4v) is 1.58. The van der Waals surface area contributed by atoms with Gasteiger partial charge in [0.2, 0.25) is 0 Å². The summed E-state index contributed by atoms with van der Waals surface area (Å²) in [5.41, 5.74) is 0.908. The standard InChI is InChI=1S/C13H14ClN/c1-4-6-8-11-12(14)9-10(3)15-13(11)7-5-2/h4-9H,2H2,1,3H3/b6-4-,11-8-,13-7+. The van der Waals surface area contributed by atoms with Crippen LogP contribution in [0.15, 0.2) is 30.9 Å². The van der Waals surface area contributed by atoms with Crippen molar-refractivity contribution in [2.24, 2.45) is 0 Å². The molecule has 0 aliphatic heterocycles. The smallest absolute Gasteiger partial charge is 0.0719 e. The number of allylic oxidation sites excluding steroid dienone is 3. The van der Waals surface area contributed by atoms with Crippen LogP contribution in [0.1, 0.15) is 12.6 Å². The number of nitrogens with zero attached hydrogens (tertiary/aromatic N) is 1. The molecule has 0 unspecified atom stereocenters. The van der Waals surface area contributed by atoms with Gasteiger partial charge in [-0.1, -0.05) is 42.5 Å². The van der Waals surface area contributed by atoms with E-state index in [4.69, 9.17) is 11.6 Å². The summed E-state index contributed by atoms with van der Waals surface area (Å²) in [4.78, 5) is 4.40. The first-order valence-electron chi connectivity index (χ1n) is 4.78. The quantitative estimate of drug-likeness (QED) is 0.744. The minimum Gasteiger partial charge on any atom is -0.253 e. The lowest BCUT2D eigenvalue weighted by atomic mass is 10.2. The minimum atomic E-state index is 0.716. The van der Waals surface area contributed by atoms with Gasteiger partial charge in [0.05, 0.1) is 10.4 Å². The highest BCUT2D eigenvalue weighted by Gasteiger charge is 1.95. The Labute approximate surface area is 95.1 Å². The Balaban J connectivity index is 3.62. The SMILES string of the molecule is C=C/C=c1/nc(C)cc(Cl)/c1=C/C=C\C. The lowest BCUT2D eigenvalue weighted by Crippen LogP contribution is -2.29. The summed E-state index contributed by atoms with van der Waals surface area (Å²) in [7, 11) is 0. The highest BCUT2D eigenvalue weighted by atomic mass is 35.5. The summed E-state index contributed by atoms with van der Waals surface area (Å²) in [6, 6.07) is 1.86. The van der Waals surface area contributed by atoms with E-state index in [0.717, 1.165) is 16.3 Å². The number of halogens is 1. The molecular formula is C13H14ClN. The van der Waals surface area contributed by atoms with Crippen molar-refractivity contribution in [1.82, 2.24) is 4.98 Å². The van der Waals surface area contributed by atoms with Crippen LogP contribution in [-0.2, 0) is 0 Å². The molecule has 0 spiro atoms. The lowest BCUT2D eigenvalue weighted by Gasteiger charge is -1.96. The summed E-state index contributed by atoms with van der Waals surface area (Å²) in [5, 5.41) is 2.50. The van der Waals surface area contributed by atoms with Crippen molar-refractivity contribution >= 4 is 23.8 Å². The van der Waals surface area contributed by atoms with Gasteiger partial charge in [-0.3, -0.25) is 4.98 Å². The molecule has 0 aliphatic rings. The fourth-order valence-electron chi connectivity index (χ4n) is 1.26. The van der Waals surface area contributed by atoms with Crippen LogP contribution in [0.2, 0.25) is 5.02 Å². The van der Waals surface area contributed by atoms with E-state index in [1.165, 1.54) is 0 Å². The van der Waals surface area contributed by atoms with Crippen molar-refractivity contribution in [1.29, 1.82) is 0 Å². The van der Waals surface area contributed by atoms with E-state index < -0.39 is 0 Å². The molecule has 1 aromatic heterocycles. The van der Waals surface area contributed by atoms with Crippen molar-refractivity contribution in [3.05, 3.63) is 52.2 Å². The topological polar surface area (TPSA) is 12.9 Å². The molecule has 0 N–H and O–H groups in total. The predicted octanol–water partition coefficient (Wildman–Crippen LogP) is 2.37. The predicted molar refractivity (Wildman–Crippen MR) is 67.2 cm³/mol. The van der Waals surface area contributed by atoms with Crippen molar-refractivity contribution < 1.29 is 0 Å². The lowest BCUT2D eigenvalue weighted by molar-refractivity contribution is 1.13. The summed E-state index contributed by atoms with van der Waals surface area (Å²) in [6.45, 7) is 7.55. The number of hydrogen-bond donors (Lipinski definition) is 0. The van der Waals surface area contributed by atoms with E-state index in [-0.39, 0.29) is 0 Å². The van der Waals surface area contributed by atoms with Crippen LogP contribution < -0.4 is 10.6 Å². The zero-order chi connectivity index (χ0) is 11.3. The number of hydrogen-bond acceptors (Lipinski definition) is 1. The van der Waals surface area contributed by atoms with Crippen molar-refractivity contribution in [3.63, 3.8) is 0 Å². The second-order valence-corrected chi connectivity index (χ2v) is 3.55. The van der Waals surface area contributed by atoms with Gasteiger partial charge in [-0.2, -0.15) is 0 Å². The molecule has 1 rings (SSSR count). The molecule has 78 valence electrons. The summed E-state index contributed by atoms with van der Waals surface area (Å²) < 4.78 is 0. The van der Waals surface area contributed by atoms with E-state index in [1.54, 1.807) is 6.08 Å². The highest BCUT2D eigenvalue weighted by Crippen LogP contribution is 1.99. The van der Waals surface area contributed by atoms with Crippen molar-refractivity contribution in [3.8, 4) is 0 Å². The van der Waals surface area contributed by atoms with Gasteiger partial charge in [0.25, 0.3) is 0 Å². The van der Waals surface area contributed by atoms with E-state index in [1.807, 2.05) is 44.2 Å². The zero-order valence-corrected chi connectivity index (χ0v) is 9.75. The van der Waals surface area contributed by atoms with Crippen LogP contribution in [0.3, 0.4) is 0 Å². The van der Waals surface area contributed by atoms with E-state index in [0.29, 0.717) is 5.02 Å². The summed E-state index contributed by atoms with van der Waals surface area (Å²) >= 11 is 6.15. The maximum absolute atomic E-state index is 6.15. The molecule has 0 saturated carbocycles. The van der Waals surface area contributed by atoms with E-state index in [2.05, 4.69) is 11.6 Å². The van der Waals surface area contributed by atoms with Gasteiger partial charge in [-0.15, -0.1) is 0 Å². The first-order valence-corrected chi connectivity index (χ1v) is 5.15. The molecule has 1 heterocycles.